The van der Waals surface area contributed by atoms with Crippen molar-refractivity contribution in [3.63, 3.8) is 0 Å². The van der Waals surface area contributed by atoms with E-state index < -0.39 is 0 Å². The van der Waals surface area contributed by atoms with Crippen molar-refractivity contribution in [3.8, 4) is 0 Å². The summed E-state index contributed by atoms with van der Waals surface area (Å²) in [5, 5.41) is 3.37. The summed E-state index contributed by atoms with van der Waals surface area (Å²) in [6, 6.07) is 6.34. The molecule has 0 aliphatic carbocycles. The second-order valence-electron chi connectivity index (χ2n) is 6.57. The summed E-state index contributed by atoms with van der Waals surface area (Å²) in [7, 11) is 0. The van der Waals surface area contributed by atoms with Crippen LogP contribution in [0.5, 0.6) is 0 Å². The predicted molar refractivity (Wildman–Crippen MR) is 95.3 cm³/mol. The molecule has 0 bridgehead atoms. The first-order valence-electron chi connectivity index (χ1n) is 9.09. The second kappa shape index (κ2) is 9.14. The molecule has 1 amide bonds. The zero-order chi connectivity index (χ0) is 17.5. The highest BCUT2D eigenvalue weighted by atomic mass is 19.1. The van der Waals surface area contributed by atoms with Crippen LogP contribution in [0.3, 0.4) is 0 Å². The van der Waals surface area contributed by atoms with Gasteiger partial charge in [0.2, 0.25) is 5.91 Å². The van der Waals surface area contributed by atoms with Gasteiger partial charge in [-0.15, -0.1) is 0 Å². The molecule has 1 N–H and O–H groups in total. The minimum Gasteiger partial charge on any atom is -0.341 e. The number of halogens is 1. The molecule has 2 atom stereocenters. The average molecular weight is 335 g/mol. The topological polar surface area (TPSA) is 35.6 Å². The van der Waals surface area contributed by atoms with E-state index in [1.165, 1.54) is 12.1 Å². The lowest BCUT2D eigenvalue weighted by molar-refractivity contribution is -0.138. The van der Waals surface area contributed by atoms with Crippen molar-refractivity contribution in [1.82, 2.24) is 15.1 Å². The highest BCUT2D eigenvalue weighted by molar-refractivity contribution is 5.83. The molecular formula is C19H30FN3O. The van der Waals surface area contributed by atoms with Crippen molar-refractivity contribution in [2.24, 2.45) is 0 Å². The molecule has 1 heterocycles. The molecule has 1 aromatic carbocycles. The summed E-state index contributed by atoms with van der Waals surface area (Å²) in [6.45, 7) is 10.4. The molecule has 134 valence electrons. The Kier molecular flexibility index (Phi) is 7.18. The molecule has 0 aromatic heterocycles. The van der Waals surface area contributed by atoms with Gasteiger partial charge in [0.05, 0.1) is 0 Å². The zero-order valence-corrected chi connectivity index (χ0v) is 15.1. The third-order valence-electron chi connectivity index (χ3n) is 4.60. The van der Waals surface area contributed by atoms with Crippen LogP contribution in [-0.2, 0) is 4.79 Å². The summed E-state index contributed by atoms with van der Waals surface area (Å²) in [5.41, 5.74) is 0.882. The van der Waals surface area contributed by atoms with Crippen LogP contribution in [0.25, 0.3) is 0 Å². The number of nitrogens with zero attached hydrogens (tertiary/aromatic N) is 2. The van der Waals surface area contributed by atoms with Crippen LogP contribution in [0.4, 0.5) is 4.39 Å². The Balaban J connectivity index is 2.33. The van der Waals surface area contributed by atoms with Gasteiger partial charge in [-0.05, 0) is 37.5 Å². The Morgan fingerprint density at radius 1 is 1.29 bits per heavy atom. The van der Waals surface area contributed by atoms with Crippen molar-refractivity contribution >= 4 is 5.91 Å². The maximum Gasteiger partial charge on any atom is 0.244 e. The number of hydrogen-bond donors (Lipinski definition) is 1. The van der Waals surface area contributed by atoms with Gasteiger partial charge in [-0.3, -0.25) is 9.69 Å². The average Bonchev–Trinajstić information content (AvgIpc) is 2.58. The van der Waals surface area contributed by atoms with Gasteiger partial charge in [-0.25, -0.2) is 4.39 Å². The Hall–Kier alpha value is -1.46. The Morgan fingerprint density at radius 2 is 1.92 bits per heavy atom. The number of hydrogen-bond acceptors (Lipinski definition) is 3. The third-order valence-corrected chi connectivity index (χ3v) is 4.60. The minimum atomic E-state index is -0.333. The SMILES string of the molecule is CCCN(CCC)C(=O)C(c1ccc(F)cc1)N1CCNCC1C. The molecular weight excluding hydrogens is 305 g/mol. The van der Waals surface area contributed by atoms with Crippen LogP contribution in [0, 0.1) is 5.82 Å². The van der Waals surface area contributed by atoms with Crippen LogP contribution in [0.15, 0.2) is 24.3 Å². The fourth-order valence-electron chi connectivity index (χ4n) is 3.41. The molecule has 0 radical (unpaired) electrons. The Bertz CT molecular complexity index is 514. The summed E-state index contributed by atoms with van der Waals surface area (Å²) >= 11 is 0. The molecule has 0 saturated carbocycles. The Morgan fingerprint density at radius 3 is 2.46 bits per heavy atom. The quantitative estimate of drug-likeness (QED) is 0.832. The molecule has 1 aliphatic heterocycles. The van der Waals surface area contributed by atoms with E-state index in [9.17, 15) is 9.18 Å². The molecule has 1 fully saturated rings. The molecule has 2 unspecified atom stereocenters. The normalized spacial score (nSPS) is 19.9. The third kappa shape index (κ3) is 4.54. The van der Waals surface area contributed by atoms with Crippen LogP contribution < -0.4 is 5.32 Å². The largest absolute Gasteiger partial charge is 0.341 e. The second-order valence-corrected chi connectivity index (χ2v) is 6.57. The highest BCUT2D eigenvalue weighted by Crippen LogP contribution is 2.27. The first-order chi connectivity index (χ1) is 11.6. The molecule has 24 heavy (non-hydrogen) atoms. The first-order valence-corrected chi connectivity index (χ1v) is 9.09. The van der Waals surface area contributed by atoms with Crippen molar-refractivity contribution in [3.05, 3.63) is 35.6 Å². The van der Waals surface area contributed by atoms with Crippen LogP contribution in [0.1, 0.15) is 45.2 Å². The van der Waals surface area contributed by atoms with E-state index in [4.69, 9.17) is 0 Å². The molecule has 1 aromatic rings. The summed E-state index contributed by atoms with van der Waals surface area (Å²) < 4.78 is 13.4. The van der Waals surface area contributed by atoms with Crippen molar-refractivity contribution in [1.29, 1.82) is 0 Å². The van der Waals surface area contributed by atoms with E-state index in [0.29, 0.717) is 0 Å². The number of piperazine rings is 1. The summed E-state index contributed by atoms with van der Waals surface area (Å²) in [4.78, 5) is 17.5. The molecule has 0 spiro atoms. The fraction of sp³-hybridized carbons (Fsp3) is 0.632. The number of rotatable bonds is 7. The fourth-order valence-corrected chi connectivity index (χ4v) is 3.41. The van der Waals surface area contributed by atoms with E-state index in [-0.39, 0.29) is 23.8 Å². The van der Waals surface area contributed by atoms with E-state index in [1.54, 1.807) is 12.1 Å². The standard InChI is InChI=1S/C19H30FN3O/c1-4-11-22(12-5-2)19(24)18(16-6-8-17(20)9-7-16)23-13-10-21-14-15(23)3/h6-9,15,18,21H,4-5,10-14H2,1-3H3. The summed E-state index contributed by atoms with van der Waals surface area (Å²) in [6.07, 6.45) is 1.89. The number of nitrogens with one attached hydrogen (secondary N) is 1. The van der Waals surface area contributed by atoms with E-state index in [1.807, 2.05) is 4.90 Å². The van der Waals surface area contributed by atoms with Gasteiger partial charge in [-0.1, -0.05) is 26.0 Å². The highest BCUT2D eigenvalue weighted by Gasteiger charge is 2.34. The van der Waals surface area contributed by atoms with E-state index in [2.05, 4.69) is 31.0 Å². The maximum atomic E-state index is 13.4. The molecule has 1 saturated heterocycles. The minimum absolute atomic E-state index is 0.138. The van der Waals surface area contributed by atoms with Crippen molar-refractivity contribution in [2.75, 3.05) is 32.7 Å². The van der Waals surface area contributed by atoms with Gasteiger partial charge in [0, 0.05) is 38.8 Å². The van der Waals surface area contributed by atoms with Crippen LogP contribution >= 0.6 is 0 Å². The predicted octanol–water partition coefficient (Wildman–Crippen LogP) is 2.81. The summed E-state index contributed by atoms with van der Waals surface area (Å²) in [5.74, 6) is -0.128. The van der Waals surface area contributed by atoms with Gasteiger partial charge < -0.3 is 10.2 Å². The van der Waals surface area contributed by atoms with Crippen LogP contribution in [0.2, 0.25) is 0 Å². The van der Waals surface area contributed by atoms with Crippen LogP contribution in [-0.4, -0.2) is 54.5 Å². The lowest BCUT2D eigenvalue weighted by Gasteiger charge is -2.41. The Labute approximate surface area is 145 Å². The molecule has 5 heteroatoms. The molecule has 2 rings (SSSR count). The lowest BCUT2D eigenvalue weighted by atomic mass is 10.00. The molecule has 1 aliphatic rings. The van der Waals surface area contributed by atoms with Crippen molar-refractivity contribution < 1.29 is 9.18 Å². The maximum absolute atomic E-state index is 13.4. The first kappa shape index (κ1) is 18.9. The number of carbonyl (C=O) groups is 1. The van der Waals surface area contributed by atoms with Gasteiger partial charge >= 0.3 is 0 Å². The van der Waals surface area contributed by atoms with E-state index in [0.717, 1.165) is 51.1 Å². The number of carbonyl (C=O) groups excluding carboxylic acids is 1. The lowest BCUT2D eigenvalue weighted by Crippen LogP contribution is -2.54. The number of amides is 1. The van der Waals surface area contributed by atoms with Gasteiger partial charge in [0.1, 0.15) is 11.9 Å². The monoisotopic (exact) mass is 335 g/mol. The van der Waals surface area contributed by atoms with Gasteiger partial charge in [0.25, 0.3) is 0 Å². The number of benzene rings is 1. The molecule has 4 nitrogen and oxygen atoms in total. The zero-order valence-electron chi connectivity index (χ0n) is 15.1. The van der Waals surface area contributed by atoms with Gasteiger partial charge in [0.15, 0.2) is 0 Å². The van der Waals surface area contributed by atoms with Crippen molar-refractivity contribution in [2.45, 2.75) is 45.7 Å². The smallest absolute Gasteiger partial charge is 0.244 e. The van der Waals surface area contributed by atoms with Gasteiger partial charge in [-0.2, -0.15) is 0 Å². The van der Waals surface area contributed by atoms with E-state index >= 15 is 0 Å².